The molecule has 0 aromatic heterocycles. The summed E-state index contributed by atoms with van der Waals surface area (Å²) in [7, 11) is -3.56. The molecule has 8 aromatic carbocycles. The van der Waals surface area contributed by atoms with Crippen molar-refractivity contribution in [3.8, 4) is 22.3 Å². The normalized spacial score (nSPS) is 17.5. The molecule has 8 aromatic rings. The highest BCUT2D eigenvalue weighted by Crippen LogP contribution is 2.71. The first-order valence-electron chi connectivity index (χ1n) is 20.5. The molecule has 0 N–H and O–H groups in total. The molecule has 0 radical (unpaired) electrons. The topological polar surface area (TPSA) is 26.8 Å². The van der Waals surface area contributed by atoms with E-state index in [1.54, 1.807) is 0 Å². The van der Waals surface area contributed by atoms with E-state index in [2.05, 4.69) is 169 Å². The largest absolute Gasteiger partial charge is 0.309 e. The van der Waals surface area contributed by atoms with E-state index in [0.29, 0.717) is 0 Å². The third-order valence-corrected chi connectivity index (χ3v) is 15.9. The Morgan fingerprint density at radius 3 is 1.36 bits per heavy atom. The summed E-state index contributed by atoms with van der Waals surface area (Å²) in [5.74, 6) is 0. The van der Waals surface area contributed by atoms with Gasteiger partial charge in [-0.2, -0.15) is 0 Å². The minimum atomic E-state index is -3.56. The predicted octanol–water partition coefficient (Wildman–Crippen LogP) is 14.6. The third kappa shape index (κ3) is 5.00. The van der Waals surface area contributed by atoms with Gasteiger partial charge in [-0.3, -0.25) is 13.9 Å². The second-order valence-electron chi connectivity index (χ2n) is 16.9. The van der Waals surface area contributed by atoms with E-state index in [1.807, 2.05) is 66.7 Å². The van der Waals surface area contributed by atoms with Gasteiger partial charge < -0.3 is 4.90 Å². The van der Waals surface area contributed by atoms with Crippen molar-refractivity contribution in [2.75, 3.05) is 14.2 Å². The van der Waals surface area contributed by atoms with E-state index in [9.17, 15) is 0 Å². The average molecular weight is 782 g/mol. The number of rotatable bonds is 6. The molecule has 0 saturated carbocycles. The summed E-state index contributed by atoms with van der Waals surface area (Å²) in [5, 5.41) is 0.766. The van der Waals surface area contributed by atoms with Crippen LogP contribution >= 0.6 is 7.44 Å². The van der Waals surface area contributed by atoms with Crippen molar-refractivity contribution in [3.05, 3.63) is 216 Å². The quantitative estimate of drug-likeness (QED) is 0.157. The van der Waals surface area contributed by atoms with Gasteiger partial charge in [-0.25, -0.2) is 0 Å². The lowest BCUT2D eigenvalue weighted by Crippen LogP contribution is -2.26. The molecule has 0 spiro atoms. The van der Waals surface area contributed by atoms with E-state index in [4.69, 9.17) is 0 Å². The molecule has 0 bridgehead atoms. The van der Waals surface area contributed by atoms with Gasteiger partial charge in [-0.05, 0) is 100 Å². The zero-order valence-corrected chi connectivity index (χ0v) is 34.6. The first kappa shape index (κ1) is 35.5. The molecule has 0 amide bonds. The summed E-state index contributed by atoms with van der Waals surface area (Å²) >= 11 is 0. The third-order valence-electron chi connectivity index (χ3n) is 13.0. The summed E-state index contributed by atoms with van der Waals surface area (Å²) in [6, 6.07) is 68.5. The van der Waals surface area contributed by atoms with Crippen LogP contribution in [0, 0.1) is 0 Å². The number of nitrogens with zero attached hydrogens (tertiary/aromatic N) is 3. The van der Waals surface area contributed by atoms with Crippen LogP contribution in [0.5, 0.6) is 0 Å². The fourth-order valence-corrected chi connectivity index (χ4v) is 13.2. The van der Waals surface area contributed by atoms with Gasteiger partial charge in [0.15, 0.2) is 0 Å². The lowest BCUT2D eigenvalue weighted by Gasteiger charge is -2.33. The molecule has 11 rings (SSSR count). The number of fused-ring (bicyclic) bond motifs is 7. The Labute approximate surface area is 347 Å². The predicted molar refractivity (Wildman–Crippen MR) is 247 cm³/mol. The molecule has 0 fully saturated rings. The van der Waals surface area contributed by atoms with Crippen LogP contribution in [0.1, 0.15) is 49.9 Å². The highest BCUT2D eigenvalue weighted by molar-refractivity contribution is 7.76. The number of benzene rings is 8. The number of para-hydroxylation sites is 2. The molecule has 5 heteroatoms. The van der Waals surface area contributed by atoms with Gasteiger partial charge in [0.05, 0.1) is 28.1 Å². The second-order valence-corrected chi connectivity index (χ2v) is 19.3. The monoisotopic (exact) mass is 781 g/mol. The fourth-order valence-electron chi connectivity index (χ4n) is 10.2. The van der Waals surface area contributed by atoms with Crippen LogP contribution in [-0.4, -0.2) is 0 Å². The van der Waals surface area contributed by atoms with Gasteiger partial charge in [-0.1, -0.05) is 155 Å². The molecule has 1 unspecified atom stereocenters. The van der Waals surface area contributed by atoms with Crippen molar-refractivity contribution in [1.29, 1.82) is 0 Å². The summed E-state index contributed by atoms with van der Waals surface area (Å²) in [5.41, 5.74) is 16.7. The second kappa shape index (κ2) is 12.9. The minimum Gasteiger partial charge on any atom is -0.309 e. The Morgan fingerprint density at radius 2 is 0.847 bits per heavy atom. The Bertz CT molecular complexity index is 2890. The van der Waals surface area contributed by atoms with Gasteiger partial charge in [-0.15, -0.1) is 0 Å². The van der Waals surface area contributed by atoms with Crippen LogP contribution in [0.25, 0.3) is 22.3 Å². The zero-order valence-electron chi connectivity index (χ0n) is 33.7. The summed E-state index contributed by atoms with van der Waals surface area (Å²) in [6.07, 6.45) is 0. The average Bonchev–Trinajstić information content (AvgIpc) is 3.79. The lowest BCUT2D eigenvalue weighted by molar-refractivity contribution is 0.582. The number of hydrogen-bond donors (Lipinski definition) is 0. The molecule has 2 aliphatic carbocycles. The van der Waals surface area contributed by atoms with Crippen LogP contribution in [-0.2, 0) is 15.4 Å². The number of anilines is 7. The highest BCUT2D eigenvalue weighted by atomic mass is 31.2. The van der Waals surface area contributed by atoms with Crippen molar-refractivity contribution in [2.24, 2.45) is 0 Å². The van der Waals surface area contributed by atoms with E-state index in [-0.39, 0.29) is 10.8 Å². The fraction of sp³-hybridized carbons (Fsp3) is 0.111. The van der Waals surface area contributed by atoms with Gasteiger partial charge in [0.1, 0.15) is 0 Å². The first-order valence-corrected chi connectivity index (χ1v) is 22.1. The van der Waals surface area contributed by atoms with Gasteiger partial charge in [0, 0.05) is 39.0 Å². The standard InChI is InChI=1S/C54H44N3OP/c1-53(2)43-28-16-14-26-41(43)51-45(53)30-18-32-48(51)55(49-33-19-31-46-52(49)42-27-15-17-29-44(42)54(46,3)4)39-34-35-47-50(36-39)57(38-22-10-6-11-23-38)59(58,40-24-12-7-13-25-40)56(47)37-20-8-5-9-21-37/h5-36H,1-4H3. The summed E-state index contributed by atoms with van der Waals surface area (Å²) < 4.78 is 20.7. The van der Waals surface area contributed by atoms with Crippen LogP contribution in [0.15, 0.2) is 194 Å². The van der Waals surface area contributed by atoms with Gasteiger partial charge >= 0.3 is 7.44 Å². The minimum absolute atomic E-state index is 0.179. The van der Waals surface area contributed by atoms with E-state index in [1.165, 1.54) is 44.5 Å². The maximum atomic E-state index is 16.5. The van der Waals surface area contributed by atoms with Gasteiger partial charge in [0.2, 0.25) is 0 Å². The van der Waals surface area contributed by atoms with Crippen LogP contribution in [0.2, 0.25) is 0 Å². The van der Waals surface area contributed by atoms with E-state index in [0.717, 1.165) is 45.1 Å². The van der Waals surface area contributed by atoms with Crippen molar-refractivity contribution in [1.82, 2.24) is 0 Å². The maximum Gasteiger partial charge on any atom is 0.301 e. The van der Waals surface area contributed by atoms with E-state index < -0.39 is 7.44 Å². The van der Waals surface area contributed by atoms with E-state index >= 15 is 4.57 Å². The molecule has 3 aliphatic rings. The van der Waals surface area contributed by atoms with Crippen molar-refractivity contribution in [3.63, 3.8) is 0 Å². The Balaban J connectivity index is 1.23. The van der Waals surface area contributed by atoms with Crippen molar-refractivity contribution in [2.45, 2.75) is 38.5 Å². The molecule has 1 atom stereocenters. The van der Waals surface area contributed by atoms with Crippen molar-refractivity contribution >= 4 is 52.6 Å². The smallest absolute Gasteiger partial charge is 0.301 e. The molecule has 1 aliphatic heterocycles. The molecule has 0 saturated heterocycles. The SMILES string of the molecule is CC1(C)c2ccccc2-c2c(N(c3ccc4c(c3)N(c3ccccc3)P(=O)(c3ccccc3)N4c3ccccc3)c3cccc4c3-c3ccccc3C4(C)C)cccc21. The molecule has 286 valence electrons. The van der Waals surface area contributed by atoms with Crippen LogP contribution in [0.4, 0.5) is 39.8 Å². The maximum absolute atomic E-state index is 16.5. The molecular formula is C54H44N3OP. The lowest BCUT2D eigenvalue weighted by atomic mass is 9.82. The Morgan fingerprint density at radius 1 is 0.424 bits per heavy atom. The molecular weight excluding hydrogens is 738 g/mol. The molecule has 59 heavy (non-hydrogen) atoms. The zero-order chi connectivity index (χ0) is 40.1. The van der Waals surface area contributed by atoms with Crippen LogP contribution in [0.3, 0.4) is 0 Å². The first-order chi connectivity index (χ1) is 28.7. The summed E-state index contributed by atoms with van der Waals surface area (Å²) in [4.78, 5) is 2.48. The Hall–Kier alpha value is -6.61. The Kier molecular flexibility index (Phi) is 7.80. The van der Waals surface area contributed by atoms with Gasteiger partial charge in [0.25, 0.3) is 0 Å². The van der Waals surface area contributed by atoms with Crippen molar-refractivity contribution < 1.29 is 4.57 Å². The van der Waals surface area contributed by atoms with Crippen LogP contribution < -0.4 is 19.5 Å². The highest BCUT2D eigenvalue weighted by Gasteiger charge is 2.49. The molecule has 4 nitrogen and oxygen atoms in total. The summed E-state index contributed by atoms with van der Waals surface area (Å²) in [6.45, 7) is 9.38. The number of hydrogen-bond acceptors (Lipinski definition) is 2. The molecule has 1 heterocycles.